The SMILES string of the molecule is CCCCO[SiH](CCCc1ccc(Cl)cc1)OCCCC. The highest BCUT2D eigenvalue weighted by Gasteiger charge is 2.12. The molecule has 1 aromatic carbocycles. The highest BCUT2D eigenvalue weighted by atomic mass is 35.5. The fourth-order valence-corrected chi connectivity index (χ4v) is 4.01. The van der Waals surface area contributed by atoms with E-state index in [1.165, 1.54) is 18.4 Å². The Morgan fingerprint density at radius 2 is 1.48 bits per heavy atom. The van der Waals surface area contributed by atoms with Gasteiger partial charge >= 0.3 is 9.28 Å². The molecule has 1 rings (SSSR count). The lowest BCUT2D eigenvalue weighted by Gasteiger charge is -2.16. The monoisotopic (exact) mass is 328 g/mol. The number of rotatable bonds is 12. The first-order valence-electron chi connectivity index (χ1n) is 8.24. The molecular weight excluding hydrogens is 300 g/mol. The molecule has 0 N–H and O–H groups in total. The number of benzene rings is 1. The molecule has 0 bridgehead atoms. The standard InChI is InChI=1S/C17H29ClO2Si/c1-3-5-13-19-21(20-14-6-4-2)15-7-8-16-9-11-17(18)12-10-16/h9-12,21H,3-8,13-15H2,1-2H3. The maximum absolute atomic E-state index is 5.98. The van der Waals surface area contributed by atoms with Crippen LogP contribution in [-0.2, 0) is 15.3 Å². The molecule has 0 aromatic heterocycles. The molecule has 0 unspecified atom stereocenters. The zero-order valence-corrected chi connectivity index (χ0v) is 15.4. The zero-order valence-electron chi connectivity index (χ0n) is 13.4. The first kappa shape index (κ1) is 18.7. The molecule has 0 aliphatic rings. The van der Waals surface area contributed by atoms with Crippen molar-refractivity contribution in [1.29, 1.82) is 0 Å². The van der Waals surface area contributed by atoms with Crippen LogP contribution >= 0.6 is 11.6 Å². The molecule has 120 valence electrons. The van der Waals surface area contributed by atoms with Crippen molar-refractivity contribution in [2.45, 2.75) is 58.4 Å². The third-order valence-electron chi connectivity index (χ3n) is 3.42. The van der Waals surface area contributed by atoms with Gasteiger partial charge < -0.3 is 8.85 Å². The summed E-state index contributed by atoms with van der Waals surface area (Å²) in [6.45, 7) is 6.11. The van der Waals surface area contributed by atoms with Gasteiger partial charge in [0.2, 0.25) is 0 Å². The van der Waals surface area contributed by atoms with Crippen molar-refractivity contribution in [1.82, 2.24) is 0 Å². The summed E-state index contributed by atoms with van der Waals surface area (Å²) < 4.78 is 12.0. The van der Waals surface area contributed by atoms with Crippen LogP contribution in [0, 0.1) is 0 Å². The van der Waals surface area contributed by atoms with Gasteiger partial charge in [0.15, 0.2) is 0 Å². The minimum atomic E-state index is -1.47. The van der Waals surface area contributed by atoms with E-state index in [4.69, 9.17) is 20.5 Å². The van der Waals surface area contributed by atoms with E-state index >= 15 is 0 Å². The molecule has 4 heteroatoms. The molecule has 0 saturated carbocycles. The molecule has 0 aliphatic heterocycles. The highest BCUT2D eigenvalue weighted by Crippen LogP contribution is 2.13. The van der Waals surface area contributed by atoms with Gasteiger partial charge in [-0.2, -0.15) is 0 Å². The van der Waals surface area contributed by atoms with Gasteiger partial charge in [0, 0.05) is 18.2 Å². The summed E-state index contributed by atoms with van der Waals surface area (Å²) in [5.41, 5.74) is 1.34. The number of hydrogen-bond acceptors (Lipinski definition) is 2. The average molecular weight is 329 g/mol. The van der Waals surface area contributed by atoms with Crippen molar-refractivity contribution in [3.05, 3.63) is 34.9 Å². The number of aryl methyl sites for hydroxylation is 1. The third kappa shape index (κ3) is 9.30. The van der Waals surface area contributed by atoms with Crippen LogP contribution in [0.25, 0.3) is 0 Å². The molecule has 0 aliphatic carbocycles. The summed E-state index contributed by atoms with van der Waals surface area (Å²) in [4.78, 5) is 0. The van der Waals surface area contributed by atoms with Crippen molar-refractivity contribution in [3.63, 3.8) is 0 Å². The summed E-state index contributed by atoms with van der Waals surface area (Å²) >= 11 is 5.90. The second kappa shape index (κ2) is 12.2. The summed E-state index contributed by atoms with van der Waals surface area (Å²) in [5, 5.41) is 0.803. The maximum Gasteiger partial charge on any atom is 0.321 e. The fraction of sp³-hybridized carbons (Fsp3) is 0.647. The molecule has 0 saturated heterocycles. The molecule has 0 amide bonds. The van der Waals surface area contributed by atoms with E-state index in [0.717, 1.165) is 50.0 Å². The summed E-state index contributed by atoms with van der Waals surface area (Å²) in [6.07, 6.45) is 6.85. The topological polar surface area (TPSA) is 18.5 Å². The second-order valence-electron chi connectivity index (χ2n) is 5.40. The van der Waals surface area contributed by atoms with Crippen molar-refractivity contribution in [3.8, 4) is 0 Å². The lowest BCUT2D eigenvalue weighted by Crippen LogP contribution is -2.24. The van der Waals surface area contributed by atoms with E-state index in [2.05, 4.69) is 26.0 Å². The molecule has 2 nitrogen and oxygen atoms in total. The van der Waals surface area contributed by atoms with Crippen LogP contribution in [-0.4, -0.2) is 22.5 Å². The Morgan fingerprint density at radius 1 is 0.905 bits per heavy atom. The van der Waals surface area contributed by atoms with Crippen molar-refractivity contribution in [2.24, 2.45) is 0 Å². The van der Waals surface area contributed by atoms with Gasteiger partial charge in [-0.1, -0.05) is 50.4 Å². The molecule has 0 radical (unpaired) electrons. The Labute approximate surface area is 136 Å². The quantitative estimate of drug-likeness (QED) is 0.391. The molecule has 0 fully saturated rings. The fourth-order valence-electron chi connectivity index (χ4n) is 2.06. The van der Waals surface area contributed by atoms with Crippen molar-refractivity contribution in [2.75, 3.05) is 13.2 Å². The summed E-state index contributed by atoms with van der Waals surface area (Å²) in [5.74, 6) is 0. The minimum Gasteiger partial charge on any atom is -0.397 e. The Bertz CT molecular complexity index is 346. The molecule has 1 aromatic rings. The Hall–Kier alpha value is -0.353. The predicted molar refractivity (Wildman–Crippen MR) is 93.4 cm³/mol. The molecule has 0 heterocycles. The van der Waals surface area contributed by atoms with Crippen LogP contribution < -0.4 is 0 Å². The Morgan fingerprint density at radius 3 is 2.00 bits per heavy atom. The molecule has 0 spiro atoms. The lowest BCUT2D eigenvalue weighted by atomic mass is 10.1. The molecule has 21 heavy (non-hydrogen) atoms. The van der Waals surface area contributed by atoms with Crippen molar-refractivity contribution >= 4 is 20.9 Å². The van der Waals surface area contributed by atoms with Crippen molar-refractivity contribution < 1.29 is 8.85 Å². The molecule has 0 atom stereocenters. The van der Waals surface area contributed by atoms with Gasteiger partial charge in [0.05, 0.1) is 0 Å². The largest absolute Gasteiger partial charge is 0.397 e. The van der Waals surface area contributed by atoms with Crippen LogP contribution in [0.1, 0.15) is 51.5 Å². The van der Waals surface area contributed by atoms with E-state index in [-0.39, 0.29) is 0 Å². The van der Waals surface area contributed by atoms with Gasteiger partial charge in [-0.15, -0.1) is 0 Å². The first-order chi connectivity index (χ1) is 10.3. The molecular formula is C17H29ClO2Si. The van der Waals surface area contributed by atoms with E-state index in [0.29, 0.717) is 0 Å². The highest BCUT2D eigenvalue weighted by molar-refractivity contribution is 6.44. The zero-order chi connectivity index (χ0) is 15.3. The predicted octanol–water partition coefficient (Wildman–Crippen LogP) is 5.13. The van der Waals surface area contributed by atoms with Gasteiger partial charge in [-0.25, -0.2) is 0 Å². The maximum atomic E-state index is 5.98. The first-order valence-corrected chi connectivity index (χ1v) is 10.4. The van der Waals surface area contributed by atoms with E-state index in [9.17, 15) is 0 Å². The Kier molecular flexibility index (Phi) is 10.9. The van der Waals surface area contributed by atoms with Gasteiger partial charge in [-0.05, 0) is 49.4 Å². The normalized spacial score (nSPS) is 11.2. The van der Waals surface area contributed by atoms with Crippen LogP contribution in [0.15, 0.2) is 24.3 Å². The van der Waals surface area contributed by atoms with Gasteiger partial charge in [-0.3, -0.25) is 0 Å². The summed E-state index contributed by atoms with van der Waals surface area (Å²) in [6, 6.07) is 9.22. The minimum absolute atomic E-state index is 0.803. The van der Waals surface area contributed by atoms with Crippen LogP contribution in [0.2, 0.25) is 11.1 Å². The van der Waals surface area contributed by atoms with Crippen LogP contribution in [0.4, 0.5) is 0 Å². The lowest BCUT2D eigenvalue weighted by molar-refractivity contribution is 0.191. The van der Waals surface area contributed by atoms with Crippen LogP contribution in [0.3, 0.4) is 0 Å². The number of unbranched alkanes of at least 4 members (excludes halogenated alkanes) is 2. The van der Waals surface area contributed by atoms with E-state index in [1.807, 2.05) is 12.1 Å². The number of hydrogen-bond donors (Lipinski definition) is 0. The second-order valence-corrected chi connectivity index (χ2v) is 7.94. The third-order valence-corrected chi connectivity index (χ3v) is 5.77. The number of halogens is 1. The van der Waals surface area contributed by atoms with Gasteiger partial charge in [0.1, 0.15) is 0 Å². The van der Waals surface area contributed by atoms with Gasteiger partial charge in [0.25, 0.3) is 0 Å². The average Bonchev–Trinajstić information content (AvgIpc) is 2.49. The van der Waals surface area contributed by atoms with E-state index in [1.54, 1.807) is 0 Å². The Balaban J connectivity index is 2.27. The van der Waals surface area contributed by atoms with E-state index < -0.39 is 9.28 Å². The summed E-state index contributed by atoms with van der Waals surface area (Å²) in [7, 11) is -1.47. The van der Waals surface area contributed by atoms with Crippen LogP contribution in [0.5, 0.6) is 0 Å². The smallest absolute Gasteiger partial charge is 0.321 e.